The van der Waals surface area contributed by atoms with Gasteiger partial charge in [-0.2, -0.15) is 0 Å². The highest BCUT2D eigenvalue weighted by Crippen LogP contribution is 2.14. The molecule has 0 N–H and O–H groups in total. The maximum Gasteiger partial charge on any atom is 0.306 e. The number of likely N-dealkylation sites (N-methyl/N-ethyl adjacent to an activating group) is 1. The Balaban J connectivity index is 4.37. The molecule has 8 nitrogen and oxygen atoms in total. The Morgan fingerprint density at radius 2 is 0.833 bits per heavy atom. The third kappa shape index (κ3) is 44.9. The minimum Gasteiger partial charge on any atom is -0.544 e. The number of quaternary nitrogens is 1. The van der Waals surface area contributed by atoms with Crippen LogP contribution in [0.1, 0.15) is 174 Å². The molecule has 0 aliphatic rings. The smallest absolute Gasteiger partial charge is 0.306 e. The summed E-state index contributed by atoms with van der Waals surface area (Å²) in [5.74, 6) is -1.86. The summed E-state index contributed by atoms with van der Waals surface area (Å²) >= 11 is 0. The molecule has 2 unspecified atom stereocenters. The van der Waals surface area contributed by atoms with Crippen LogP contribution in [-0.4, -0.2) is 75.5 Å². The predicted octanol–water partition coefficient (Wildman–Crippen LogP) is 13.6. The van der Waals surface area contributed by atoms with Crippen molar-refractivity contribution in [2.45, 2.75) is 187 Å². The number of hydrogen-bond acceptors (Lipinski definition) is 7. The lowest BCUT2D eigenvalue weighted by atomic mass is 10.1. The average Bonchev–Trinajstić information content (AvgIpc) is 3.28. The van der Waals surface area contributed by atoms with E-state index in [0.717, 1.165) is 89.9 Å². The fraction of sp³-hybridized carbons (Fsp3) is 0.603. The number of rotatable bonds is 44. The van der Waals surface area contributed by atoms with Gasteiger partial charge in [-0.3, -0.25) is 9.59 Å². The first-order chi connectivity index (χ1) is 32.1. The highest BCUT2D eigenvalue weighted by molar-refractivity contribution is 5.70. The van der Waals surface area contributed by atoms with Crippen LogP contribution in [0.2, 0.25) is 0 Å². The van der Waals surface area contributed by atoms with Crippen LogP contribution in [-0.2, 0) is 28.6 Å². The first-order valence-corrected chi connectivity index (χ1v) is 25.6. The number of aliphatic carboxylic acids is 1. The highest BCUT2D eigenvalue weighted by Gasteiger charge is 2.25. The van der Waals surface area contributed by atoms with E-state index in [2.05, 4.69) is 123 Å². The summed E-state index contributed by atoms with van der Waals surface area (Å²) in [6, 6.07) is -0.748. The van der Waals surface area contributed by atoms with Gasteiger partial charge in [0.05, 0.1) is 40.3 Å². The molecule has 0 aliphatic heterocycles. The van der Waals surface area contributed by atoms with Crippen molar-refractivity contribution in [1.29, 1.82) is 0 Å². The number of nitrogens with zero attached hydrogens (tertiary/aromatic N) is 1. The molecule has 0 fully saturated rings. The maximum atomic E-state index is 12.7. The van der Waals surface area contributed by atoms with Crippen LogP contribution in [0.25, 0.3) is 0 Å². The molecule has 0 saturated carbocycles. The van der Waals surface area contributed by atoms with E-state index in [1.165, 1.54) is 44.9 Å². The second-order valence-electron chi connectivity index (χ2n) is 17.6. The van der Waals surface area contributed by atoms with Gasteiger partial charge in [-0.1, -0.05) is 187 Å². The van der Waals surface area contributed by atoms with E-state index in [4.69, 9.17) is 14.2 Å². The Morgan fingerprint density at radius 3 is 1.24 bits per heavy atom. The first kappa shape index (κ1) is 61.7. The minimum absolute atomic E-state index is 0.00112. The van der Waals surface area contributed by atoms with E-state index in [-0.39, 0.29) is 43.1 Å². The summed E-state index contributed by atoms with van der Waals surface area (Å²) in [4.78, 5) is 37.0. The molecular formula is C58H93NO7. The molecule has 66 heavy (non-hydrogen) atoms. The largest absolute Gasteiger partial charge is 0.544 e. The van der Waals surface area contributed by atoms with Gasteiger partial charge in [-0.15, -0.1) is 0 Å². The zero-order valence-corrected chi connectivity index (χ0v) is 42.3. The second kappa shape index (κ2) is 47.2. The fourth-order valence-corrected chi connectivity index (χ4v) is 6.73. The van der Waals surface area contributed by atoms with Gasteiger partial charge in [-0.05, 0) is 89.9 Å². The summed E-state index contributed by atoms with van der Waals surface area (Å²) in [6.07, 6.45) is 66.7. The molecule has 0 rings (SSSR count). The van der Waals surface area contributed by atoms with Crippen molar-refractivity contribution in [3.05, 3.63) is 122 Å². The molecule has 0 bridgehead atoms. The molecule has 0 aliphatic carbocycles. The van der Waals surface area contributed by atoms with Crippen molar-refractivity contribution in [3.63, 3.8) is 0 Å². The lowest BCUT2D eigenvalue weighted by molar-refractivity contribution is -0.889. The Hall–Kier alpha value is -4.27. The van der Waals surface area contributed by atoms with Gasteiger partial charge in [0.2, 0.25) is 0 Å². The Labute approximate surface area is 403 Å². The van der Waals surface area contributed by atoms with Crippen LogP contribution in [0.4, 0.5) is 0 Å². The Bertz CT molecular complexity index is 1490. The maximum absolute atomic E-state index is 12.7. The Kier molecular flexibility index (Phi) is 44.2. The number of hydrogen-bond donors (Lipinski definition) is 0. The number of carboxylic acid groups (broad SMARTS) is 1. The second-order valence-corrected chi connectivity index (χ2v) is 17.6. The molecule has 0 amide bonds. The number of carbonyl (C=O) groups is 3. The summed E-state index contributed by atoms with van der Waals surface area (Å²) in [5.41, 5.74) is 0. The predicted molar refractivity (Wildman–Crippen MR) is 277 cm³/mol. The molecule has 8 heteroatoms. The van der Waals surface area contributed by atoms with E-state index in [0.29, 0.717) is 12.8 Å². The van der Waals surface area contributed by atoms with Crippen molar-refractivity contribution in [2.75, 3.05) is 41.0 Å². The Morgan fingerprint density at radius 1 is 0.455 bits per heavy atom. The summed E-state index contributed by atoms with van der Waals surface area (Å²) in [6.45, 7) is 4.34. The molecule has 0 aromatic heterocycles. The normalized spacial score (nSPS) is 13.9. The van der Waals surface area contributed by atoms with E-state index >= 15 is 0 Å². The molecule has 0 spiro atoms. The van der Waals surface area contributed by atoms with E-state index in [1.54, 1.807) is 21.1 Å². The van der Waals surface area contributed by atoms with Crippen molar-refractivity contribution < 1.29 is 38.2 Å². The topological polar surface area (TPSA) is 102 Å². The number of allylic oxidation sites excluding steroid dienone is 20. The van der Waals surface area contributed by atoms with Crippen molar-refractivity contribution in [2.24, 2.45) is 0 Å². The van der Waals surface area contributed by atoms with Gasteiger partial charge >= 0.3 is 11.9 Å². The third-order valence-electron chi connectivity index (χ3n) is 10.6. The SMILES string of the molecule is CC/C=C/C/C=C/C/C=C/C/C=C/C/C=C/C/C=C/CCC(=O)OC(COCCC(C(=O)[O-])[N+](C)(C)C)COC(=O)CCCCCCCCCCCC/C=C/C/C=C/C/C=C/C/C=C/CC. The van der Waals surface area contributed by atoms with Crippen molar-refractivity contribution >= 4 is 17.9 Å². The fourth-order valence-electron chi connectivity index (χ4n) is 6.73. The van der Waals surface area contributed by atoms with Crippen LogP contribution in [0.5, 0.6) is 0 Å². The van der Waals surface area contributed by atoms with Gasteiger partial charge in [0.15, 0.2) is 6.10 Å². The van der Waals surface area contributed by atoms with Crippen LogP contribution in [0.3, 0.4) is 0 Å². The van der Waals surface area contributed by atoms with Gasteiger partial charge in [0.25, 0.3) is 0 Å². The molecule has 0 radical (unpaired) electrons. The molecule has 372 valence electrons. The molecule has 0 saturated heterocycles. The van der Waals surface area contributed by atoms with E-state index in [1.807, 2.05) is 12.2 Å². The molecular weight excluding hydrogens is 823 g/mol. The molecule has 0 aromatic carbocycles. The van der Waals surface area contributed by atoms with Crippen molar-refractivity contribution in [1.82, 2.24) is 0 Å². The lowest BCUT2D eigenvalue weighted by Gasteiger charge is -2.34. The van der Waals surface area contributed by atoms with Crippen LogP contribution in [0, 0.1) is 0 Å². The van der Waals surface area contributed by atoms with E-state index < -0.39 is 24.1 Å². The molecule has 0 heterocycles. The first-order valence-electron chi connectivity index (χ1n) is 25.6. The number of esters is 2. The van der Waals surface area contributed by atoms with E-state index in [9.17, 15) is 19.5 Å². The number of ether oxygens (including phenoxy) is 3. The third-order valence-corrected chi connectivity index (χ3v) is 10.6. The lowest BCUT2D eigenvalue weighted by Crippen LogP contribution is -2.55. The van der Waals surface area contributed by atoms with Gasteiger partial charge in [0, 0.05) is 19.3 Å². The monoisotopic (exact) mass is 916 g/mol. The number of unbranched alkanes of at least 4 members (excludes halogenated alkanes) is 10. The summed E-state index contributed by atoms with van der Waals surface area (Å²) in [7, 11) is 5.38. The van der Waals surface area contributed by atoms with Crippen molar-refractivity contribution in [3.8, 4) is 0 Å². The van der Waals surface area contributed by atoms with Crippen LogP contribution >= 0.6 is 0 Å². The van der Waals surface area contributed by atoms with Crippen LogP contribution in [0.15, 0.2) is 122 Å². The summed E-state index contributed by atoms with van der Waals surface area (Å²) in [5, 5.41) is 11.7. The van der Waals surface area contributed by atoms with Crippen LogP contribution < -0.4 is 5.11 Å². The zero-order valence-electron chi connectivity index (χ0n) is 42.3. The minimum atomic E-state index is -1.14. The molecule has 2 atom stereocenters. The standard InChI is InChI=1S/C58H93NO7/c1-6-8-10-12-14-16-18-20-22-24-26-27-28-29-31-32-34-36-38-40-42-44-46-48-56(60)65-53-54(52-64-51-50-55(58(62)63)59(3,4)5)66-57(61)49-47-45-43-41-39-37-35-33-30-25-23-21-19-17-15-13-11-9-7-2/h8-11,14-17,20-23,26-27,30,33,37,39,43,45,54-55H,6-7,12-13,18-19,24-25,28-29,31-32,34-36,38,40-42,44,46-53H2,1-5H3/b10-8+,11-9+,16-14+,17-15+,22-20+,23-21+,27-26+,33-30+,39-37+,45-43+. The quantitative estimate of drug-likeness (QED) is 0.0260. The average molecular weight is 916 g/mol. The van der Waals surface area contributed by atoms with Gasteiger partial charge in [-0.25, -0.2) is 0 Å². The number of carboxylic acids is 1. The zero-order chi connectivity index (χ0) is 48.4. The number of carbonyl (C=O) groups excluding carboxylic acids is 3. The highest BCUT2D eigenvalue weighted by atomic mass is 16.6. The molecule has 0 aromatic rings. The van der Waals surface area contributed by atoms with Gasteiger partial charge in [0.1, 0.15) is 12.6 Å². The summed E-state index contributed by atoms with van der Waals surface area (Å²) < 4.78 is 17.1. The van der Waals surface area contributed by atoms with Gasteiger partial charge < -0.3 is 28.6 Å².